The molecule has 6 nitrogen and oxygen atoms in total. The first-order valence-corrected chi connectivity index (χ1v) is 10.2. The zero-order valence-electron chi connectivity index (χ0n) is 16.9. The lowest BCUT2D eigenvalue weighted by molar-refractivity contribution is -0.124. The summed E-state index contributed by atoms with van der Waals surface area (Å²) in [4.78, 5) is 29.7. The number of para-hydroxylation sites is 1. The predicted octanol–water partition coefficient (Wildman–Crippen LogP) is 3.91. The van der Waals surface area contributed by atoms with E-state index in [1.807, 2.05) is 60.7 Å². The van der Waals surface area contributed by atoms with E-state index >= 15 is 0 Å². The Hall–Kier alpha value is -3.98. The van der Waals surface area contributed by atoms with Crippen molar-refractivity contribution >= 4 is 34.4 Å². The summed E-state index contributed by atoms with van der Waals surface area (Å²) in [5.41, 5.74) is 5.02. The van der Waals surface area contributed by atoms with Crippen molar-refractivity contribution in [2.75, 3.05) is 13.2 Å². The van der Waals surface area contributed by atoms with Crippen LogP contribution >= 0.6 is 0 Å². The Balaban J connectivity index is 1.66. The maximum Gasteiger partial charge on any atom is 0.339 e. The van der Waals surface area contributed by atoms with Gasteiger partial charge in [0.05, 0.1) is 29.3 Å². The molecular formula is C25H21N3O3. The number of carbonyl (C=O) groups is 2. The molecule has 1 N–H and O–H groups in total. The minimum atomic E-state index is -0.536. The van der Waals surface area contributed by atoms with E-state index in [0.29, 0.717) is 17.5 Å². The highest BCUT2D eigenvalue weighted by molar-refractivity contribution is 6.07. The van der Waals surface area contributed by atoms with Crippen molar-refractivity contribution < 1.29 is 14.3 Å². The van der Waals surface area contributed by atoms with Gasteiger partial charge in [-0.05, 0) is 41.7 Å². The van der Waals surface area contributed by atoms with Gasteiger partial charge in [-0.3, -0.25) is 4.79 Å². The van der Waals surface area contributed by atoms with Crippen molar-refractivity contribution in [1.82, 2.24) is 10.3 Å². The molecule has 1 aliphatic rings. The third-order valence-electron chi connectivity index (χ3n) is 5.18. The van der Waals surface area contributed by atoms with Gasteiger partial charge in [-0.1, -0.05) is 48.5 Å². The highest BCUT2D eigenvalue weighted by atomic mass is 16.5. The predicted molar refractivity (Wildman–Crippen MR) is 118 cm³/mol. The number of fused-ring (bicyclic) bond motifs is 2. The molecule has 0 saturated heterocycles. The molecule has 6 heteroatoms. The van der Waals surface area contributed by atoms with E-state index in [1.54, 1.807) is 0 Å². The molecule has 0 saturated carbocycles. The lowest BCUT2D eigenvalue weighted by Gasteiger charge is -2.12. The molecule has 1 heterocycles. The van der Waals surface area contributed by atoms with Gasteiger partial charge < -0.3 is 10.1 Å². The summed E-state index contributed by atoms with van der Waals surface area (Å²) in [6, 6.07) is 19.4. The van der Waals surface area contributed by atoms with Crippen LogP contribution in [-0.4, -0.2) is 30.0 Å². The quantitative estimate of drug-likeness (QED) is 0.490. The Morgan fingerprint density at radius 3 is 2.68 bits per heavy atom. The largest absolute Gasteiger partial charge is 0.452 e. The molecule has 154 valence electrons. The average Bonchev–Trinajstić information content (AvgIpc) is 3.18. The fourth-order valence-electron chi connectivity index (χ4n) is 3.77. The highest BCUT2D eigenvalue weighted by Gasteiger charge is 2.27. The van der Waals surface area contributed by atoms with E-state index in [-0.39, 0.29) is 19.6 Å². The van der Waals surface area contributed by atoms with Crippen molar-refractivity contribution in [2.45, 2.75) is 19.3 Å². The Kier molecular flexibility index (Phi) is 6.04. The number of amides is 1. The molecule has 4 rings (SSSR count). The molecule has 0 fully saturated rings. The Morgan fingerprint density at radius 1 is 1.10 bits per heavy atom. The van der Waals surface area contributed by atoms with Gasteiger partial charge in [0.15, 0.2) is 6.61 Å². The van der Waals surface area contributed by atoms with E-state index in [1.165, 1.54) is 0 Å². The molecule has 0 aliphatic heterocycles. The zero-order chi connectivity index (χ0) is 21.6. The first-order chi connectivity index (χ1) is 15.2. The molecule has 3 aromatic rings. The summed E-state index contributed by atoms with van der Waals surface area (Å²) in [7, 11) is 0. The van der Waals surface area contributed by atoms with E-state index in [0.717, 1.165) is 34.2 Å². The van der Waals surface area contributed by atoms with Crippen molar-refractivity contribution in [3.05, 3.63) is 77.0 Å². The van der Waals surface area contributed by atoms with Gasteiger partial charge in [0.2, 0.25) is 0 Å². The number of esters is 1. The topological polar surface area (TPSA) is 92.1 Å². The van der Waals surface area contributed by atoms with Gasteiger partial charge in [-0.25, -0.2) is 9.78 Å². The van der Waals surface area contributed by atoms with Crippen LogP contribution in [-0.2, 0) is 16.0 Å². The number of aromatic nitrogens is 1. The first-order valence-electron chi connectivity index (χ1n) is 10.2. The van der Waals surface area contributed by atoms with Crippen LogP contribution in [0.15, 0.2) is 54.6 Å². The number of allylic oxidation sites excluding steroid dienone is 1. The van der Waals surface area contributed by atoms with Crippen LogP contribution in [0.5, 0.6) is 0 Å². The molecule has 31 heavy (non-hydrogen) atoms. The number of nitrogens with zero attached hydrogens (tertiary/aromatic N) is 2. The third kappa shape index (κ3) is 4.46. The third-order valence-corrected chi connectivity index (χ3v) is 5.18. The first kappa shape index (κ1) is 20.3. The standard InChI is InChI=1S/C25H21N3O3/c26-13-6-14-27-22(29)16-31-25(30)23-19-9-4-5-10-21(19)28-24-18(11-12-20(23)24)15-17-7-2-1-3-8-17/h1-5,7-10,15H,6,11-12,14,16H2,(H,27,29)/b18-15+. The van der Waals surface area contributed by atoms with E-state index < -0.39 is 11.9 Å². The summed E-state index contributed by atoms with van der Waals surface area (Å²) in [5, 5.41) is 11.8. The normalized spacial score (nSPS) is 13.6. The van der Waals surface area contributed by atoms with Gasteiger partial charge in [-0.2, -0.15) is 5.26 Å². The molecule has 0 unspecified atom stereocenters. The summed E-state index contributed by atoms with van der Waals surface area (Å²) < 4.78 is 5.33. The fourth-order valence-corrected chi connectivity index (χ4v) is 3.77. The number of hydrogen-bond donors (Lipinski definition) is 1. The smallest absolute Gasteiger partial charge is 0.339 e. The summed E-state index contributed by atoms with van der Waals surface area (Å²) >= 11 is 0. The van der Waals surface area contributed by atoms with Gasteiger partial charge in [0, 0.05) is 11.9 Å². The fraction of sp³-hybridized carbons (Fsp3) is 0.200. The van der Waals surface area contributed by atoms with Crippen LogP contribution in [0.25, 0.3) is 22.6 Å². The molecule has 1 amide bonds. The van der Waals surface area contributed by atoms with Gasteiger partial charge in [-0.15, -0.1) is 0 Å². The van der Waals surface area contributed by atoms with E-state index in [9.17, 15) is 9.59 Å². The number of ether oxygens (including phenoxy) is 1. The second-order valence-electron chi connectivity index (χ2n) is 7.25. The molecule has 0 spiro atoms. The molecule has 1 aromatic heterocycles. The van der Waals surface area contributed by atoms with Crippen molar-refractivity contribution in [3.8, 4) is 6.07 Å². The Bertz CT molecular complexity index is 1210. The molecule has 0 atom stereocenters. The van der Waals surface area contributed by atoms with Crippen LogP contribution in [0.4, 0.5) is 0 Å². The second kappa shape index (κ2) is 9.23. The second-order valence-corrected chi connectivity index (χ2v) is 7.25. The van der Waals surface area contributed by atoms with Crippen LogP contribution < -0.4 is 5.32 Å². The van der Waals surface area contributed by atoms with Gasteiger partial charge in [0.1, 0.15) is 0 Å². The molecular weight excluding hydrogens is 390 g/mol. The lowest BCUT2D eigenvalue weighted by atomic mass is 10.0. The molecule has 0 radical (unpaired) electrons. The number of benzene rings is 2. The minimum absolute atomic E-state index is 0.207. The molecule has 1 aliphatic carbocycles. The summed E-state index contributed by atoms with van der Waals surface area (Å²) in [6.45, 7) is -0.156. The van der Waals surface area contributed by atoms with Gasteiger partial charge in [0.25, 0.3) is 5.91 Å². The SMILES string of the molecule is N#CCCNC(=O)COC(=O)c1c2c(nc3ccccc13)/C(=C/c1ccccc1)CC2. The number of rotatable bonds is 6. The van der Waals surface area contributed by atoms with Crippen molar-refractivity contribution in [1.29, 1.82) is 5.26 Å². The number of pyridine rings is 1. The highest BCUT2D eigenvalue weighted by Crippen LogP contribution is 2.37. The van der Waals surface area contributed by atoms with E-state index in [2.05, 4.69) is 11.4 Å². The maximum absolute atomic E-state index is 13.0. The van der Waals surface area contributed by atoms with E-state index in [4.69, 9.17) is 15.0 Å². The van der Waals surface area contributed by atoms with Gasteiger partial charge >= 0.3 is 5.97 Å². The van der Waals surface area contributed by atoms with Crippen LogP contribution in [0.1, 0.15) is 40.0 Å². The minimum Gasteiger partial charge on any atom is -0.452 e. The van der Waals surface area contributed by atoms with Crippen LogP contribution in [0.2, 0.25) is 0 Å². The molecule has 0 bridgehead atoms. The number of nitrogens with one attached hydrogen (secondary N) is 1. The average molecular weight is 411 g/mol. The van der Waals surface area contributed by atoms with Crippen LogP contribution in [0.3, 0.4) is 0 Å². The maximum atomic E-state index is 13.0. The Morgan fingerprint density at radius 2 is 1.87 bits per heavy atom. The Labute approximate surface area is 180 Å². The lowest BCUT2D eigenvalue weighted by Crippen LogP contribution is -2.29. The number of nitriles is 1. The number of carbonyl (C=O) groups excluding carboxylic acids is 2. The van der Waals surface area contributed by atoms with Crippen molar-refractivity contribution in [3.63, 3.8) is 0 Å². The number of hydrogen-bond acceptors (Lipinski definition) is 5. The van der Waals surface area contributed by atoms with Crippen LogP contribution in [0, 0.1) is 11.3 Å². The zero-order valence-corrected chi connectivity index (χ0v) is 16.9. The monoisotopic (exact) mass is 411 g/mol. The summed E-state index contributed by atoms with van der Waals surface area (Å²) in [6.07, 6.45) is 3.77. The van der Waals surface area contributed by atoms with Crippen molar-refractivity contribution in [2.24, 2.45) is 0 Å². The molecule has 2 aromatic carbocycles. The summed E-state index contributed by atoms with van der Waals surface area (Å²) in [5.74, 6) is -0.963.